The number of likely N-dealkylation sites (N-methyl/N-ethyl adjacent to an activating group) is 2. The minimum absolute atomic E-state index is 0.127. The maximum absolute atomic E-state index is 6.64. The summed E-state index contributed by atoms with van der Waals surface area (Å²) in [6.07, 6.45) is 1.16. The summed E-state index contributed by atoms with van der Waals surface area (Å²) in [6.45, 7) is 9.04. The summed E-state index contributed by atoms with van der Waals surface area (Å²) in [7, 11) is 4.28. The third-order valence-corrected chi connectivity index (χ3v) is 4.88. The molecule has 2 N–H and O–H groups in total. The number of hydrogen-bond acceptors (Lipinski definition) is 3. The lowest BCUT2D eigenvalue weighted by Crippen LogP contribution is -2.52. The fraction of sp³-hybridized carbons (Fsp3) is 0.667. The van der Waals surface area contributed by atoms with Gasteiger partial charge in [-0.3, -0.25) is 4.90 Å². The molecule has 3 nitrogen and oxygen atoms in total. The molecule has 4 atom stereocenters. The van der Waals surface area contributed by atoms with Gasteiger partial charge in [0.25, 0.3) is 0 Å². The Balaban J connectivity index is 2.24. The van der Waals surface area contributed by atoms with Gasteiger partial charge in [-0.2, -0.15) is 0 Å². The third-order valence-electron chi connectivity index (χ3n) is 4.88. The van der Waals surface area contributed by atoms with E-state index < -0.39 is 0 Å². The molecular formula is C18H31N3. The van der Waals surface area contributed by atoms with Gasteiger partial charge in [0.1, 0.15) is 0 Å². The second kappa shape index (κ2) is 6.91. The van der Waals surface area contributed by atoms with E-state index in [1.54, 1.807) is 0 Å². The smallest absolute Gasteiger partial charge is 0.0456 e. The Labute approximate surface area is 130 Å². The van der Waals surface area contributed by atoms with Gasteiger partial charge in [0.15, 0.2) is 0 Å². The summed E-state index contributed by atoms with van der Waals surface area (Å²) < 4.78 is 0. The Morgan fingerprint density at radius 2 is 1.86 bits per heavy atom. The summed E-state index contributed by atoms with van der Waals surface area (Å²) in [6, 6.07) is 9.81. The number of nitrogens with two attached hydrogens (primary N) is 1. The first kappa shape index (κ1) is 16.5. The molecule has 0 amide bonds. The molecule has 0 radical (unpaired) electrons. The van der Waals surface area contributed by atoms with Crippen LogP contribution in [0.25, 0.3) is 0 Å². The monoisotopic (exact) mass is 289 g/mol. The van der Waals surface area contributed by atoms with Crippen LogP contribution >= 0.6 is 0 Å². The maximum Gasteiger partial charge on any atom is 0.0456 e. The summed E-state index contributed by atoms with van der Waals surface area (Å²) >= 11 is 0. The van der Waals surface area contributed by atoms with Crippen molar-refractivity contribution in [3.8, 4) is 0 Å². The molecule has 0 spiro atoms. The summed E-state index contributed by atoms with van der Waals surface area (Å²) in [5.74, 6) is 0.589. The van der Waals surface area contributed by atoms with Crippen molar-refractivity contribution in [1.82, 2.24) is 9.80 Å². The highest BCUT2D eigenvalue weighted by Crippen LogP contribution is 2.38. The van der Waals surface area contributed by atoms with Crippen LogP contribution < -0.4 is 5.73 Å². The molecule has 1 aliphatic rings. The lowest BCUT2D eigenvalue weighted by Gasteiger charge is -2.44. The molecule has 0 fully saturated rings. The topological polar surface area (TPSA) is 32.5 Å². The Morgan fingerprint density at radius 3 is 2.43 bits per heavy atom. The predicted octanol–water partition coefficient (Wildman–Crippen LogP) is 2.83. The van der Waals surface area contributed by atoms with Crippen molar-refractivity contribution >= 4 is 0 Å². The molecule has 1 aromatic rings. The van der Waals surface area contributed by atoms with Crippen molar-refractivity contribution in [2.24, 2.45) is 5.73 Å². The number of benzene rings is 1. The van der Waals surface area contributed by atoms with Crippen molar-refractivity contribution in [3.05, 3.63) is 35.4 Å². The molecule has 21 heavy (non-hydrogen) atoms. The van der Waals surface area contributed by atoms with Gasteiger partial charge >= 0.3 is 0 Å². The van der Waals surface area contributed by atoms with E-state index in [2.05, 4.69) is 68.9 Å². The molecule has 1 aliphatic carbocycles. The molecule has 118 valence electrons. The SMILES string of the molecule is CCN(C(C)CN(C)C)C1CC(C)c2ccccc2C1N. The first-order valence-electron chi connectivity index (χ1n) is 8.20. The first-order chi connectivity index (χ1) is 9.95. The molecule has 0 saturated heterocycles. The fourth-order valence-electron chi connectivity index (χ4n) is 3.95. The molecule has 4 unspecified atom stereocenters. The van der Waals surface area contributed by atoms with Crippen LogP contribution in [0.2, 0.25) is 0 Å². The van der Waals surface area contributed by atoms with E-state index in [9.17, 15) is 0 Å². The van der Waals surface area contributed by atoms with Gasteiger partial charge in [0, 0.05) is 24.7 Å². The van der Waals surface area contributed by atoms with Crippen molar-refractivity contribution < 1.29 is 0 Å². The van der Waals surface area contributed by atoms with Crippen molar-refractivity contribution in [3.63, 3.8) is 0 Å². The molecule has 0 aliphatic heterocycles. The van der Waals surface area contributed by atoms with Crippen LogP contribution in [0.3, 0.4) is 0 Å². The normalized spacial score (nSPS) is 27.0. The Bertz CT molecular complexity index is 458. The second-order valence-corrected chi connectivity index (χ2v) is 6.80. The zero-order valence-corrected chi connectivity index (χ0v) is 14.2. The van der Waals surface area contributed by atoms with Crippen molar-refractivity contribution in [2.75, 3.05) is 27.2 Å². The number of nitrogens with zero attached hydrogens (tertiary/aromatic N) is 2. The Hall–Kier alpha value is -0.900. The van der Waals surface area contributed by atoms with Gasteiger partial charge in [0.05, 0.1) is 0 Å². The van der Waals surface area contributed by atoms with Crippen LogP contribution in [0.4, 0.5) is 0 Å². The number of fused-ring (bicyclic) bond motifs is 1. The molecule has 0 saturated carbocycles. The molecule has 1 aromatic carbocycles. The zero-order valence-electron chi connectivity index (χ0n) is 14.2. The third kappa shape index (κ3) is 3.47. The Kier molecular flexibility index (Phi) is 5.42. The van der Waals surface area contributed by atoms with E-state index >= 15 is 0 Å². The van der Waals surface area contributed by atoms with Gasteiger partial charge in [-0.25, -0.2) is 0 Å². The fourth-order valence-corrected chi connectivity index (χ4v) is 3.95. The highest BCUT2D eigenvalue weighted by atomic mass is 15.2. The van der Waals surface area contributed by atoms with Gasteiger partial charge in [-0.1, -0.05) is 38.1 Å². The molecule has 3 heteroatoms. The van der Waals surface area contributed by atoms with Gasteiger partial charge < -0.3 is 10.6 Å². The van der Waals surface area contributed by atoms with Crippen LogP contribution in [0.5, 0.6) is 0 Å². The first-order valence-corrected chi connectivity index (χ1v) is 8.20. The van der Waals surface area contributed by atoms with Crippen LogP contribution in [0.1, 0.15) is 50.3 Å². The highest BCUT2D eigenvalue weighted by molar-refractivity contribution is 5.36. The number of hydrogen-bond donors (Lipinski definition) is 1. The van der Waals surface area contributed by atoms with Gasteiger partial charge in [-0.05, 0) is 51.0 Å². The maximum atomic E-state index is 6.64. The highest BCUT2D eigenvalue weighted by Gasteiger charge is 2.35. The van der Waals surface area contributed by atoms with Crippen molar-refractivity contribution in [1.29, 1.82) is 0 Å². The standard InChI is InChI=1S/C18H31N3/c1-6-21(14(3)12-20(4)5)17-11-13(2)15-9-7-8-10-16(15)18(17)19/h7-10,13-14,17-18H,6,11-12,19H2,1-5H3. The van der Waals surface area contributed by atoms with Gasteiger partial charge in [-0.15, -0.1) is 0 Å². The van der Waals surface area contributed by atoms with E-state index in [1.807, 2.05) is 0 Å². The lowest BCUT2D eigenvalue weighted by molar-refractivity contribution is 0.0949. The summed E-state index contributed by atoms with van der Waals surface area (Å²) in [4.78, 5) is 4.86. The van der Waals surface area contributed by atoms with Crippen LogP contribution in [-0.2, 0) is 0 Å². The predicted molar refractivity (Wildman–Crippen MR) is 90.6 cm³/mol. The van der Waals surface area contributed by atoms with Crippen LogP contribution in [-0.4, -0.2) is 49.1 Å². The van der Waals surface area contributed by atoms with Crippen molar-refractivity contribution in [2.45, 2.75) is 51.2 Å². The summed E-state index contributed by atoms with van der Waals surface area (Å²) in [5.41, 5.74) is 9.43. The van der Waals surface area contributed by atoms with Crippen LogP contribution in [0, 0.1) is 0 Å². The minimum Gasteiger partial charge on any atom is -0.323 e. The average Bonchev–Trinajstić information content (AvgIpc) is 2.44. The van der Waals surface area contributed by atoms with E-state index in [1.165, 1.54) is 11.1 Å². The molecule has 0 heterocycles. The van der Waals surface area contributed by atoms with E-state index in [-0.39, 0.29) is 6.04 Å². The average molecular weight is 289 g/mol. The zero-order chi connectivity index (χ0) is 15.6. The quantitative estimate of drug-likeness (QED) is 0.904. The lowest BCUT2D eigenvalue weighted by atomic mass is 9.77. The summed E-state index contributed by atoms with van der Waals surface area (Å²) in [5, 5.41) is 0. The van der Waals surface area contributed by atoms with E-state index in [0.717, 1.165) is 19.5 Å². The second-order valence-electron chi connectivity index (χ2n) is 6.80. The minimum atomic E-state index is 0.127. The van der Waals surface area contributed by atoms with Gasteiger partial charge in [0.2, 0.25) is 0 Å². The molecular weight excluding hydrogens is 258 g/mol. The van der Waals surface area contributed by atoms with Crippen LogP contribution in [0.15, 0.2) is 24.3 Å². The molecule has 0 bridgehead atoms. The van der Waals surface area contributed by atoms with E-state index in [4.69, 9.17) is 5.73 Å². The molecule has 0 aromatic heterocycles. The number of rotatable bonds is 5. The molecule has 2 rings (SSSR count). The Morgan fingerprint density at radius 1 is 1.24 bits per heavy atom. The largest absolute Gasteiger partial charge is 0.323 e. The van der Waals surface area contributed by atoms with E-state index in [0.29, 0.717) is 18.0 Å².